The molecule has 0 radical (unpaired) electrons. The zero-order chi connectivity index (χ0) is 18.0. The molecular formula is C15H23NO6S2. The number of ether oxygens (including phenoxy) is 2. The Morgan fingerprint density at radius 3 is 2.33 bits per heavy atom. The van der Waals surface area contributed by atoms with Crippen LogP contribution in [0.15, 0.2) is 23.1 Å². The molecule has 136 valence electrons. The molecule has 24 heavy (non-hydrogen) atoms. The maximum atomic E-state index is 12.6. The van der Waals surface area contributed by atoms with Crippen LogP contribution in [0.5, 0.6) is 11.5 Å². The highest BCUT2D eigenvalue weighted by Crippen LogP contribution is 2.31. The monoisotopic (exact) mass is 377 g/mol. The Morgan fingerprint density at radius 2 is 1.79 bits per heavy atom. The summed E-state index contributed by atoms with van der Waals surface area (Å²) in [5, 5.41) is 0. The van der Waals surface area contributed by atoms with Crippen LogP contribution < -0.4 is 14.2 Å². The Morgan fingerprint density at radius 1 is 1.17 bits per heavy atom. The van der Waals surface area contributed by atoms with Crippen molar-refractivity contribution in [3.8, 4) is 11.5 Å². The Labute approximate surface area is 143 Å². The summed E-state index contributed by atoms with van der Waals surface area (Å²) in [4.78, 5) is 0.0138. The number of nitrogens with one attached hydrogen (secondary N) is 1. The lowest BCUT2D eigenvalue weighted by Crippen LogP contribution is -2.46. The van der Waals surface area contributed by atoms with Gasteiger partial charge in [0.05, 0.1) is 29.6 Å². The summed E-state index contributed by atoms with van der Waals surface area (Å²) in [6.07, 6.45) is 0.254. The van der Waals surface area contributed by atoms with E-state index in [1.54, 1.807) is 13.8 Å². The number of hydrogen-bond donors (Lipinski definition) is 1. The average molecular weight is 377 g/mol. The van der Waals surface area contributed by atoms with E-state index in [1.165, 1.54) is 18.2 Å². The van der Waals surface area contributed by atoms with E-state index < -0.39 is 25.4 Å². The molecule has 1 aliphatic rings. The van der Waals surface area contributed by atoms with E-state index in [1.807, 2.05) is 6.92 Å². The SMILES string of the molecule is CCOc1ccc(S(=O)(=O)N[C@]2(C)CCS(=O)(=O)C2)cc1OCC. The molecule has 1 saturated heterocycles. The van der Waals surface area contributed by atoms with Gasteiger partial charge >= 0.3 is 0 Å². The van der Waals surface area contributed by atoms with Crippen molar-refractivity contribution in [1.29, 1.82) is 0 Å². The molecule has 1 fully saturated rings. The highest BCUT2D eigenvalue weighted by molar-refractivity contribution is 7.92. The van der Waals surface area contributed by atoms with E-state index in [0.29, 0.717) is 24.7 Å². The topological polar surface area (TPSA) is 98.8 Å². The molecule has 1 aromatic carbocycles. The molecule has 1 aromatic rings. The second-order valence-electron chi connectivity index (χ2n) is 5.98. The Balaban J connectivity index is 2.30. The Bertz CT molecular complexity index is 803. The van der Waals surface area contributed by atoms with E-state index in [-0.39, 0.29) is 22.8 Å². The first kappa shape index (κ1) is 19.0. The largest absolute Gasteiger partial charge is 0.490 e. The second kappa shape index (κ2) is 6.89. The van der Waals surface area contributed by atoms with Crippen LogP contribution in [0.3, 0.4) is 0 Å². The highest BCUT2D eigenvalue weighted by atomic mass is 32.2. The van der Waals surface area contributed by atoms with Crippen LogP contribution >= 0.6 is 0 Å². The van der Waals surface area contributed by atoms with Crippen molar-refractivity contribution >= 4 is 19.9 Å². The molecule has 1 atom stereocenters. The number of sulfonamides is 1. The van der Waals surface area contributed by atoms with E-state index >= 15 is 0 Å². The summed E-state index contributed by atoms with van der Waals surface area (Å²) in [6.45, 7) is 6.02. The van der Waals surface area contributed by atoms with Crippen molar-refractivity contribution in [3.05, 3.63) is 18.2 Å². The molecule has 7 nitrogen and oxygen atoms in total. The van der Waals surface area contributed by atoms with E-state index in [2.05, 4.69) is 4.72 Å². The smallest absolute Gasteiger partial charge is 0.241 e. The second-order valence-corrected chi connectivity index (χ2v) is 9.85. The minimum absolute atomic E-state index is 0.0138. The van der Waals surface area contributed by atoms with Crippen molar-refractivity contribution in [2.45, 2.75) is 37.6 Å². The molecule has 0 aliphatic carbocycles. The quantitative estimate of drug-likeness (QED) is 0.770. The van der Waals surface area contributed by atoms with Gasteiger partial charge in [0.15, 0.2) is 21.3 Å². The number of sulfone groups is 1. The van der Waals surface area contributed by atoms with Crippen LogP contribution in [-0.2, 0) is 19.9 Å². The predicted molar refractivity (Wildman–Crippen MR) is 90.8 cm³/mol. The van der Waals surface area contributed by atoms with Crippen LogP contribution in [0.25, 0.3) is 0 Å². The van der Waals surface area contributed by atoms with E-state index in [9.17, 15) is 16.8 Å². The first-order valence-corrected chi connectivity index (χ1v) is 11.1. The highest BCUT2D eigenvalue weighted by Gasteiger charge is 2.41. The molecule has 1 N–H and O–H groups in total. The van der Waals surface area contributed by atoms with Crippen molar-refractivity contribution in [3.63, 3.8) is 0 Å². The molecule has 0 unspecified atom stereocenters. The maximum absolute atomic E-state index is 12.6. The van der Waals surface area contributed by atoms with Gasteiger partial charge in [0.1, 0.15) is 0 Å². The van der Waals surface area contributed by atoms with Gasteiger partial charge in [-0.15, -0.1) is 0 Å². The van der Waals surface area contributed by atoms with Crippen LogP contribution in [0.2, 0.25) is 0 Å². The van der Waals surface area contributed by atoms with Gasteiger partial charge in [-0.25, -0.2) is 21.6 Å². The van der Waals surface area contributed by atoms with Gasteiger partial charge in [0.25, 0.3) is 0 Å². The molecule has 0 spiro atoms. The molecular weight excluding hydrogens is 354 g/mol. The van der Waals surface area contributed by atoms with Crippen molar-refractivity contribution in [2.75, 3.05) is 24.7 Å². The molecule has 2 rings (SSSR count). The number of hydrogen-bond acceptors (Lipinski definition) is 6. The zero-order valence-electron chi connectivity index (χ0n) is 14.0. The van der Waals surface area contributed by atoms with Crippen molar-refractivity contribution < 1.29 is 26.3 Å². The van der Waals surface area contributed by atoms with Gasteiger partial charge in [-0.05, 0) is 39.3 Å². The van der Waals surface area contributed by atoms with Gasteiger partial charge in [0, 0.05) is 11.6 Å². The number of rotatable bonds is 7. The van der Waals surface area contributed by atoms with Crippen molar-refractivity contribution in [2.24, 2.45) is 0 Å². The molecule has 1 heterocycles. The fourth-order valence-corrected chi connectivity index (χ4v) is 6.31. The summed E-state index contributed by atoms with van der Waals surface area (Å²) in [7, 11) is -7.09. The lowest BCUT2D eigenvalue weighted by Gasteiger charge is -2.24. The minimum atomic E-state index is -3.87. The standard InChI is InChI=1S/C15H23NO6S2/c1-4-21-13-7-6-12(10-14(13)22-5-2)24(19,20)16-15(3)8-9-23(17,18)11-15/h6-7,10,16H,4-5,8-9,11H2,1-3H3/t15-/m1/s1. The van der Waals surface area contributed by atoms with E-state index in [0.717, 1.165) is 0 Å². The van der Waals surface area contributed by atoms with Gasteiger partial charge in [-0.2, -0.15) is 0 Å². The summed E-state index contributed by atoms with van der Waals surface area (Å²) < 4.78 is 61.9. The number of benzene rings is 1. The first-order valence-electron chi connectivity index (χ1n) is 7.75. The fraction of sp³-hybridized carbons (Fsp3) is 0.600. The van der Waals surface area contributed by atoms with Gasteiger partial charge in [-0.1, -0.05) is 0 Å². The molecule has 0 aromatic heterocycles. The van der Waals surface area contributed by atoms with Crippen LogP contribution in [0.1, 0.15) is 27.2 Å². The van der Waals surface area contributed by atoms with Gasteiger partial charge < -0.3 is 9.47 Å². The molecule has 1 aliphatic heterocycles. The molecule has 0 bridgehead atoms. The van der Waals surface area contributed by atoms with E-state index in [4.69, 9.17) is 9.47 Å². The third kappa shape index (κ3) is 4.40. The van der Waals surface area contributed by atoms with Crippen LogP contribution in [0, 0.1) is 0 Å². The van der Waals surface area contributed by atoms with Crippen molar-refractivity contribution in [1.82, 2.24) is 4.72 Å². The Kier molecular flexibility index (Phi) is 5.46. The third-order valence-electron chi connectivity index (χ3n) is 3.71. The molecule has 9 heteroatoms. The first-order chi connectivity index (χ1) is 11.1. The molecule has 0 amide bonds. The predicted octanol–water partition coefficient (Wildman–Crippen LogP) is 1.34. The average Bonchev–Trinajstić information content (AvgIpc) is 2.73. The summed E-state index contributed by atoms with van der Waals surface area (Å²) in [6, 6.07) is 4.35. The summed E-state index contributed by atoms with van der Waals surface area (Å²) in [5.41, 5.74) is -0.998. The Hall–Kier alpha value is -1.32. The lowest BCUT2D eigenvalue weighted by atomic mass is 10.0. The lowest BCUT2D eigenvalue weighted by molar-refractivity contribution is 0.287. The summed E-state index contributed by atoms with van der Waals surface area (Å²) >= 11 is 0. The third-order valence-corrected chi connectivity index (χ3v) is 7.25. The van der Waals surface area contributed by atoms with Crippen LogP contribution in [0.4, 0.5) is 0 Å². The maximum Gasteiger partial charge on any atom is 0.241 e. The normalized spacial score (nSPS) is 23.1. The minimum Gasteiger partial charge on any atom is -0.490 e. The van der Waals surface area contributed by atoms with Crippen LogP contribution in [-0.4, -0.2) is 47.1 Å². The fourth-order valence-electron chi connectivity index (χ4n) is 2.67. The van der Waals surface area contributed by atoms with Gasteiger partial charge in [-0.3, -0.25) is 0 Å². The van der Waals surface area contributed by atoms with Gasteiger partial charge in [0.2, 0.25) is 10.0 Å². The zero-order valence-corrected chi connectivity index (χ0v) is 15.7. The summed E-state index contributed by atoms with van der Waals surface area (Å²) in [5.74, 6) is 0.591. The molecule has 0 saturated carbocycles.